The molecule has 3 N–H and O–H groups in total. The zero-order valence-electron chi connectivity index (χ0n) is 12.3. The number of benzene rings is 1. The summed E-state index contributed by atoms with van der Waals surface area (Å²) in [7, 11) is 1.65. The van der Waals surface area contributed by atoms with Crippen molar-refractivity contribution in [3.63, 3.8) is 0 Å². The fourth-order valence-corrected chi connectivity index (χ4v) is 2.61. The lowest BCUT2D eigenvalue weighted by Crippen LogP contribution is -2.33. The Morgan fingerprint density at radius 3 is 3.15 bits per heavy atom. The van der Waals surface area contributed by atoms with Crippen LogP contribution in [0.25, 0.3) is 0 Å². The number of guanidine groups is 1. The predicted molar refractivity (Wildman–Crippen MR) is 83.4 cm³/mol. The third kappa shape index (κ3) is 3.87. The van der Waals surface area contributed by atoms with Crippen molar-refractivity contribution in [2.24, 2.45) is 10.7 Å². The topological polar surface area (TPSA) is 62.9 Å². The molecule has 1 unspecified atom stereocenters. The highest BCUT2D eigenvalue weighted by molar-refractivity contribution is 5.92. The minimum atomic E-state index is 0.459. The monoisotopic (exact) mass is 276 g/mol. The molecule has 0 spiro atoms. The first-order chi connectivity index (χ1) is 9.72. The number of aliphatic imine (C=N–C) groups is 1. The number of hydrogen-bond acceptors (Lipinski definition) is 3. The van der Waals surface area contributed by atoms with Gasteiger partial charge in [0.15, 0.2) is 5.96 Å². The minimum absolute atomic E-state index is 0.459. The number of nitrogens with zero attached hydrogens (tertiary/aromatic N) is 2. The summed E-state index contributed by atoms with van der Waals surface area (Å²) in [5.74, 6) is 1.26. The predicted octanol–water partition coefficient (Wildman–Crippen LogP) is 1.91. The standard InChI is InChI=1S/C15H24N4O/c1-3-19-9-5-7-13(19)11-17-15(16)18-12-6-4-8-14(10-12)20-2/h4,6,8,10,13H,3,5,7,9,11H2,1-2H3,(H3,16,17,18). The van der Waals surface area contributed by atoms with E-state index in [1.54, 1.807) is 7.11 Å². The molecule has 1 atom stereocenters. The third-order valence-corrected chi connectivity index (χ3v) is 3.72. The van der Waals surface area contributed by atoms with Crippen LogP contribution in [0.15, 0.2) is 29.3 Å². The highest BCUT2D eigenvalue weighted by Gasteiger charge is 2.22. The van der Waals surface area contributed by atoms with E-state index in [4.69, 9.17) is 10.5 Å². The van der Waals surface area contributed by atoms with E-state index in [1.807, 2.05) is 24.3 Å². The van der Waals surface area contributed by atoms with Gasteiger partial charge in [0.05, 0.1) is 13.7 Å². The van der Waals surface area contributed by atoms with Crippen LogP contribution in [0.5, 0.6) is 5.75 Å². The third-order valence-electron chi connectivity index (χ3n) is 3.72. The maximum absolute atomic E-state index is 5.94. The number of hydrogen-bond donors (Lipinski definition) is 2. The summed E-state index contributed by atoms with van der Waals surface area (Å²) in [6.07, 6.45) is 2.47. The molecular formula is C15H24N4O. The van der Waals surface area contributed by atoms with Crippen LogP contribution >= 0.6 is 0 Å². The Balaban J connectivity index is 1.90. The molecule has 1 aromatic carbocycles. The summed E-state index contributed by atoms with van der Waals surface area (Å²) in [5.41, 5.74) is 6.83. The molecule has 110 valence electrons. The molecule has 0 bridgehead atoms. The van der Waals surface area contributed by atoms with E-state index in [1.165, 1.54) is 19.4 Å². The van der Waals surface area contributed by atoms with E-state index in [0.717, 1.165) is 24.5 Å². The molecule has 5 heteroatoms. The fourth-order valence-electron chi connectivity index (χ4n) is 2.61. The van der Waals surface area contributed by atoms with E-state index in [-0.39, 0.29) is 0 Å². The number of likely N-dealkylation sites (tertiary alicyclic amines) is 1. The number of rotatable bonds is 5. The molecule has 5 nitrogen and oxygen atoms in total. The van der Waals surface area contributed by atoms with E-state index in [2.05, 4.69) is 22.1 Å². The molecule has 1 aliphatic heterocycles. The number of methoxy groups -OCH3 is 1. The minimum Gasteiger partial charge on any atom is -0.497 e. The molecule has 0 amide bonds. The van der Waals surface area contributed by atoms with Crippen molar-refractivity contribution in [1.82, 2.24) is 4.90 Å². The van der Waals surface area contributed by atoms with E-state index in [0.29, 0.717) is 12.0 Å². The molecule has 1 saturated heterocycles. The van der Waals surface area contributed by atoms with Crippen LogP contribution in [0.1, 0.15) is 19.8 Å². The van der Waals surface area contributed by atoms with Crippen LogP contribution in [-0.2, 0) is 0 Å². The summed E-state index contributed by atoms with van der Waals surface area (Å²) < 4.78 is 5.18. The molecule has 0 radical (unpaired) electrons. The van der Waals surface area contributed by atoms with Crippen molar-refractivity contribution in [3.8, 4) is 5.75 Å². The highest BCUT2D eigenvalue weighted by atomic mass is 16.5. The molecule has 1 aromatic rings. The average molecular weight is 276 g/mol. The average Bonchev–Trinajstić information content (AvgIpc) is 2.93. The van der Waals surface area contributed by atoms with Crippen LogP contribution in [0.2, 0.25) is 0 Å². The zero-order chi connectivity index (χ0) is 14.4. The van der Waals surface area contributed by atoms with Gasteiger partial charge in [0.2, 0.25) is 0 Å². The molecule has 1 aliphatic rings. The molecule has 1 fully saturated rings. The van der Waals surface area contributed by atoms with Gasteiger partial charge >= 0.3 is 0 Å². The van der Waals surface area contributed by atoms with E-state index < -0.39 is 0 Å². The lowest BCUT2D eigenvalue weighted by atomic mass is 10.2. The maximum Gasteiger partial charge on any atom is 0.193 e. The summed E-state index contributed by atoms with van der Waals surface area (Å²) in [5, 5.41) is 3.10. The van der Waals surface area contributed by atoms with Gasteiger partial charge in [-0.05, 0) is 38.1 Å². The van der Waals surface area contributed by atoms with Gasteiger partial charge in [-0.15, -0.1) is 0 Å². The second-order valence-corrected chi connectivity index (χ2v) is 5.01. The Hall–Kier alpha value is -1.75. The van der Waals surface area contributed by atoms with Crippen molar-refractivity contribution in [1.29, 1.82) is 0 Å². The van der Waals surface area contributed by atoms with Crippen molar-refractivity contribution < 1.29 is 4.74 Å². The molecule has 0 saturated carbocycles. The van der Waals surface area contributed by atoms with Crippen molar-refractivity contribution in [2.75, 3.05) is 32.1 Å². The first-order valence-electron chi connectivity index (χ1n) is 7.18. The maximum atomic E-state index is 5.94. The number of nitrogens with one attached hydrogen (secondary N) is 1. The van der Waals surface area contributed by atoms with Gasteiger partial charge in [0.25, 0.3) is 0 Å². The van der Waals surface area contributed by atoms with Crippen molar-refractivity contribution in [3.05, 3.63) is 24.3 Å². The van der Waals surface area contributed by atoms with Gasteiger partial charge in [-0.25, -0.2) is 0 Å². The number of anilines is 1. The van der Waals surface area contributed by atoms with E-state index >= 15 is 0 Å². The van der Waals surface area contributed by atoms with Gasteiger partial charge < -0.3 is 15.8 Å². The van der Waals surface area contributed by atoms with Crippen LogP contribution in [-0.4, -0.2) is 43.6 Å². The summed E-state index contributed by atoms with van der Waals surface area (Å²) in [4.78, 5) is 6.92. The van der Waals surface area contributed by atoms with Gasteiger partial charge in [0, 0.05) is 17.8 Å². The van der Waals surface area contributed by atoms with Crippen LogP contribution < -0.4 is 15.8 Å². The van der Waals surface area contributed by atoms with Gasteiger partial charge in [-0.1, -0.05) is 13.0 Å². The van der Waals surface area contributed by atoms with Gasteiger partial charge in [0.1, 0.15) is 5.75 Å². The summed E-state index contributed by atoms with van der Waals surface area (Å²) >= 11 is 0. The lowest BCUT2D eigenvalue weighted by molar-refractivity contribution is 0.273. The van der Waals surface area contributed by atoms with E-state index in [9.17, 15) is 0 Å². The normalized spacial score (nSPS) is 20.1. The second-order valence-electron chi connectivity index (χ2n) is 5.01. The smallest absolute Gasteiger partial charge is 0.193 e. The highest BCUT2D eigenvalue weighted by Crippen LogP contribution is 2.18. The Bertz CT molecular complexity index is 461. The molecule has 20 heavy (non-hydrogen) atoms. The lowest BCUT2D eigenvalue weighted by Gasteiger charge is -2.21. The summed E-state index contributed by atoms with van der Waals surface area (Å²) in [6, 6.07) is 8.20. The molecule has 0 aliphatic carbocycles. The van der Waals surface area contributed by atoms with Crippen LogP contribution in [0.4, 0.5) is 5.69 Å². The Kier molecular flexibility index (Phi) is 5.24. The van der Waals surface area contributed by atoms with Crippen LogP contribution in [0, 0.1) is 0 Å². The number of nitrogens with two attached hydrogens (primary N) is 1. The Morgan fingerprint density at radius 2 is 2.40 bits per heavy atom. The first kappa shape index (κ1) is 14.7. The Labute approximate surface area is 120 Å². The Morgan fingerprint density at radius 1 is 1.55 bits per heavy atom. The largest absolute Gasteiger partial charge is 0.497 e. The van der Waals surface area contributed by atoms with Gasteiger partial charge in [-0.2, -0.15) is 0 Å². The summed E-state index contributed by atoms with van der Waals surface area (Å²) in [6.45, 7) is 5.22. The second kappa shape index (κ2) is 7.14. The molecule has 2 rings (SSSR count). The quantitative estimate of drug-likeness (QED) is 0.637. The zero-order valence-corrected chi connectivity index (χ0v) is 12.3. The molecule has 0 aromatic heterocycles. The van der Waals surface area contributed by atoms with Crippen molar-refractivity contribution >= 4 is 11.6 Å². The molecule has 1 heterocycles. The number of ether oxygens (including phenoxy) is 1. The van der Waals surface area contributed by atoms with Gasteiger partial charge in [-0.3, -0.25) is 9.89 Å². The van der Waals surface area contributed by atoms with Crippen molar-refractivity contribution in [2.45, 2.75) is 25.8 Å². The van der Waals surface area contributed by atoms with Crippen LogP contribution in [0.3, 0.4) is 0 Å². The molecular weight excluding hydrogens is 252 g/mol. The first-order valence-corrected chi connectivity index (χ1v) is 7.18. The number of likely N-dealkylation sites (N-methyl/N-ethyl adjacent to an activating group) is 1. The SMILES string of the molecule is CCN1CCCC1CN=C(N)Nc1cccc(OC)c1. The fraction of sp³-hybridized carbons (Fsp3) is 0.533.